The Hall–Kier alpha value is -0.640. The normalized spacial score (nSPS) is 19.1. The van der Waals surface area contributed by atoms with Crippen LogP contribution in [-0.2, 0) is 5.54 Å². The van der Waals surface area contributed by atoms with Crippen LogP contribution in [0.3, 0.4) is 0 Å². The fourth-order valence-corrected chi connectivity index (χ4v) is 1.97. The summed E-state index contributed by atoms with van der Waals surface area (Å²) in [6.07, 6.45) is 0. The first kappa shape index (κ1) is 9.90. The molecule has 2 rings (SSSR count). The van der Waals surface area contributed by atoms with Crippen LogP contribution in [-0.4, -0.2) is 13.1 Å². The van der Waals surface area contributed by atoms with Crippen LogP contribution >= 0.6 is 11.6 Å². The minimum absolute atomic E-state index is 0.283. The lowest BCUT2D eigenvalue weighted by molar-refractivity contribution is 0.287. The van der Waals surface area contributed by atoms with Crippen LogP contribution in [0.15, 0.2) is 12.1 Å². The Morgan fingerprint density at radius 2 is 2.14 bits per heavy atom. The van der Waals surface area contributed by atoms with E-state index in [-0.39, 0.29) is 5.82 Å². The van der Waals surface area contributed by atoms with Crippen LogP contribution in [0.25, 0.3) is 0 Å². The Labute approximate surface area is 87.2 Å². The monoisotopic (exact) mass is 214 g/mol. The molecular weight excluding hydrogens is 203 g/mol. The maximum absolute atomic E-state index is 13.1. The van der Waals surface area contributed by atoms with Gasteiger partial charge in [0.1, 0.15) is 5.82 Å². The summed E-state index contributed by atoms with van der Waals surface area (Å²) >= 11 is 6.05. The largest absolute Gasteiger partial charge is 0.319 e. The Bertz CT molecular complexity index is 375. The van der Waals surface area contributed by atoms with Crippen molar-refractivity contribution in [2.45, 2.75) is 12.5 Å². The van der Waals surface area contributed by atoms with E-state index in [9.17, 15) is 4.39 Å². The van der Waals surface area contributed by atoms with Gasteiger partial charge in [0.15, 0.2) is 0 Å². The maximum Gasteiger partial charge on any atom is 0.127 e. The van der Waals surface area contributed by atoms with Gasteiger partial charge in [0, 0.05) is 18.7 Å². The van der Waals surface area contributed by atoms with Crippen molar-refractivity contribution in [2.75, 3.05) is 13.1 Å². The van der Waals surface area contributed by atoms with E-state index in [4.69, 9.17) is 17.3 Å². The van der Waals surface area contributed by atoms with Gasteiger partial charge in [-0.3, -0.25) is 0 Å². The standard InChI is InChI=1S/C10H12ClFN2/c1-6-8(12)3-2-7(9(6)11)10(13)4-14-5-10/h2-3,14H,4-5,13H2,1H3. The van der Waals surface area contributed by atoms with Crippen molar-refractivity contribution in [1.82, 2.24) is 5.32 Å². The highest BCUT2D eigenvalue weighted by Gasteiger charge is 2.36. The fourth-order valence-electron chi connectivity index (χ4n) is 1.63. The molecule has 0 spiro atoms. The van der Waals surface area contributed by atoms with Crippen molar-refractivity contribution in [2.24, 2.45) is 5.73 Å². The third-order valence-electron chi connectivity index (χ3n) is 2.74. The van der Waals surface area contributed by atoms with Crippen molar-refractivity contribution < 1.29 is 4.39 Å². The van der Waals surface area contributed by atoms with Crippen LogP contribution in [0.4, 0.5) is 4.39 Å². The summed E-state index contributed by atoms with van der Waals surface area (Å²) in [7, 11) is 0. The molecule has 4 heteroatoms. The smallest absolute Gasteiger partial charge is 0.127 e. The first-order valence-corrected chi connectivity index (χ1v) is 4.87. The Morgan fingerprint density at radius 1 is 1.50 bits per heavy atom. The maximum atomic E-state index is 13.1. The average molecular weight is 215 g/mol. The minimum Gasteiger partial charge on any atom is -0.319 e. The van der Waals surface area contributed by atoms with E-state index in [1.807, 2.05) is 0 Å². The lowest BCUT2D eigenvalue weighted by atomic mass is 9.84. The molecule has 0 bridgehead atoms. The number of hydrogen-bond donors (Lipinski definition) is 2. The molecule has 0 amide bonds. The quantitative estimate of drug-likeness (QED) is 0.745. The van der Waals surface area contributed by atoms with Crippen molar-refractivity contribution in [1.29, 1.82) is 0 Å². The van der Waals surface area contributed by atoms with Gasteiger partial charge in [0.05, 0.1) is 10.6 Å². The summed E-state index contributed by atoms with van der Waals surface area (Å²) in [5, 5.41) is 3.54. The molecule has 0 aromatic heterocycles. The topological polar surface area (TPSA) is 38.0 Å². The molecule has 2 nitrogen and oxygen atoms in total. The Morgan fingerprint density at radius 3 is 2.64 bits per heavy atom. The molecule has 0 unspecified atom stereocenters. The molecule has 1 aliphatic rings. The molecule has 0 atom stereocenters. The number of nitrogens with one attached hydrogen (secondary N) is 1. The second kappa shape index (κ2) is 3.19. The number of rotatable bonds is 1. The Kier molecular flexibility index (Phi) is 2.26. The highest BCUT2D eigenvalue weighted by Crippen LogP contribution is 2.32. The van der Waals surface area contributed by atoms with Crippen molar-refractivity contribution >= 4 is 11.6 Å². The molecule has 1 fully saturated rings. The summed E-state index contributed by atoms with van der Waals surface area (Å²) in [4.78, 5) is 0. The minimum atomic E-state index is -0.421. The van der Waals surface area contributed by atoms with Gasteiger partial charge in [-0.2, -0.15) is 0 Å². The van der Waals surface area contributed by atoms with Crippen LogP contribution < -0.4 is 11.1 Å². The molecular formula is C10H12ClFN2. The lowest BCUT2D eigenvalue weighted by Gasteiger charge is -2.40. The lowest BCUT2D eigenvalue weighted by Crippen LogP contribution is -2.62. The van der Waals surface area contributed by atoms with Gasteiger partial charge < -0.3 is 11.1 Å². The van der Waals surface area contributed by atoms with E-state index in [0.29, 0.717) is 23.7 Å². The molecule has 1 heterocycles. The second-order valence-corrected chi connectivity index (χ2v) is 4.17. The van der Waals surface area contributed by atoms with Crippen LogP contribution in [0.2, 0.25) is 5.02 Å². The van der Waals surface area contributed by atoms with E-state index >= 15 is 0 Å². The zero-order chi connectivity index (χ0) is 10.3. The second-order valence-electron chi connectivity index (χ2n) is 3.79. The Balaban J connectivity index is 2.49. The van der Waals surface area contributed by atoms with Crippen LogP contribution in [0, 0.1) is 12.7 Å². The van der Waals surface area contributed by atoms with Crippen molar-refractivity contribution in [3.63, 3.8) is 0 Å². The van der Waals surface area contributed by atoms with Gasteiger partial charge in [-0.25, -0.2) is 4.39 Å². The predicted octanol–water partition coefficient (Wildman–Crippen LogP) is 1.54. The molecule has 3 N–H and O–H groups in total. The first-order valence-electron chi connectivity index (χ1n) is 4.49. The fraction of sp³-hybridized carbons (Fsp3) is 0.400. The number of hydrogen-bond acceptors (Lipinski definition) is 2. The van der Waals surface area contributed by atoms with Gasteiger partial charge >= 0.3 is 0 Å². The summed E-state index contributed by atoms with van der Waals surface area (Å²) in [5.41, 5.74) is 6.96. The molecule has 0 aliphatic carbocycles. The average Bonchev–Trinajstić information content (AvgIpc) is 2.11. The molecule has 14 heavy (non-hydrogen) atoms. The summed E-state index contributed by atoms with van der Waals surface area (Å²) in [6.45, 7) is 3.05. The number of nitrogens with two attached hydrogens (primary N) is 1. The van der Waals surface area contributed by atoms with E-state index in [1.165, 1.54) is 6.07 Å². The molecule has 76 valence electrons. The summed E-state index contributed by atoms with van der Waals surface area (Å²) in [5.74, 6) is -0.283. The molecule has 1 aliphatic heterocycles. The molecule has 1 saturated heterocycles. The number of halogens is 2. The predicted molar refractivity (Wildman–Crippen MR) is 54.9 cm³/mol. The van der Waals surface area contributed by atoms with Crippen molar-refractivity contribution in [3.05, 3.63) is 34.1 Å². The molecule has 0 saturated carbocycles. The zero-order valence-corrected chi connectivity index (χ0v) is 8.66. The third-order valence-corrected chi connectivity index (χ3v) is 3.22. The van der Waals surface area contributed by atoms with E-state index < -0.39 is 5.54 Å². The van der Waals surface area contributed by atoms with Gasteiger partial charge in [-0.05, 0) is 18.6 Å². The highest BCUT2D eigenvalue weighted by atomic mass is 35.5. The van der Waals surface area contributed by atoms with Crippen molar-refractivity contribution in [3.8, 4) is 0 Å². The molecule has 1 aromatic carbocycles. The molecule has 1 aromatic rings. The van der Waals surface area contributed by atoms with E-state index in [1.54, 1.807) is 13.0 Å². The number of benzene rings is 1. The van der Waals surface area contributed by atoms with Gasteiger partial charge in [-0.15, -0.1) is 0 Å². The van der Waals surface area contributed by atoms with E-state index in [2.05, 4.69) is 5.32 Å². The van der Waals surface area contributed by atoms with E-state index in [0.717, 1.165) is 5.56 Å². The summed E-state index contributed by atoms with van der Waals surface area (Å²) in [6, 6.07) is 3.09. The molecule has 0 radical (unpaired) electrons. The van der Waals surface area contributed by atoms with Crippen LogP contribution in [0.5, 0.6) is 0 Å². The SMILES string of the molecule is Cc1c(F)ccc(C2(N)CNC2)c1Cl. The summed E-state index contributed by atoms with van der Waals surface area (Å²) < 4.78 is 13.1. The first-order chi connectivity index (χ1) is 6.54. The van der Waals surface area contributed by atoms with Gasteiger partial charge in [0.2, 0.25) is 0 Å². The van der Waals surface area contributed by atoms with Gasteiger partial charge in [-0.1, -0.05) is 17.7 Å². The van der Waals surface area contributed by atoms with Gasteiger partial charge in [0.25, 0.3) is 0 Å². The zero-order valence-electron chi connectivity index (χ0n) is 7.90. The highest BCUT2D eigenvalue weighted by molar-refractivity contribution is 6.32. The van der Waals surface area contributed by atoms with Crippen LogP contribution in [0.1, 0.15) is 11.1 Å². The third kappa shape index (κ3) is 1.32.